The number of amides is 1. The van der Waals surface area contributed by atoms with Crippen molar-refractivity contribution in [3.05, 3.63) is 84.9 Å². The summed E-state index contributed by atoms with van der Waals surface area (Å²) in [4.78, 5) is 12.6. The lowest BCUT2D eigenvalue weighted by Gasteiger charge is -2.11. The number of hydrogen-bond donors (Lipinski definition) is 2. The minimum atomic E-state index is -0.436. The van der Waals surface area contributed by atoms with Gasteiger partial charge in [0.1, 0.15) is 12.4 Å². The van der Waals surface area contributed by atoms with Gasteiger partial charge in [-0.15, -0.1) is 0 Å². The van der Waals surface area contributed by atoms with Crippen molar-refractivity contribution >= 4 is 57.9 Å². The topological polar surface area (TPSA) is 80.2 Å². The molecule has 3 aromatic carbocycles. The molecule has 0 aliphatic rings. The SMILES string of the molecule is COc1cc(/C=N/NC(=O)c2ccccc2OCc2ccc(Cl)cc2Cl)cc(I)c1O. The summed E-state index contributed by atoms with van der Waals surface area (Å²) in [5, 5.41) is 14.9. The lowest BCUT2D eigenvalue weighted by Crippen LogP contribution is -2.18. The highest BCUT2D eigenvalue weighted by molar-refractivity contribution is 14.1. The van der Waals surface area contributed by atoms with Crippen LogP contribution in [0.25, 0.3) is 0 Å². The average Bonchev–Trinajstić information content (AvgIpc) is 2.75. The van der Waals surface area contributed by atoms with E-state index in [0.717, 1.165) is 5.56 Å². The molecule has 3 rings (SSSR count). The lowest BCUT2D eigenvalue weighted by molar-refractivity contribution is 0.0950. The van der Waals surface area contributed by atoms with Crippen LogP contribution < -0.4 is 14.9 Å². The van der Waals surface area contributed by atoms with Crippen molar-refractivity contribution in [2.75, 3.05) is 7.11 Å². The average molecular weight is 571 g/mol. The number of nitrogens with zero attached hydrogens (tertiary/aromatic N) is 1. The van der Waals surface area contributed by atoms with Crippen molar-refractivity contribution in [1.29, 1.82) is 0 Å². The molecular formula is C22H17Cl2IN2O4. The van der Waals surface area contributed by atoms with Crippen LogP contribution in [0.1, 0.15) is 21.5 Å². The maximum absolute atomic E-state index is 12.6. The predicted molar refractivity (Wildman–Crippen MR) is 130 cm³/mol. The summed E-state index contributed by atoms with van der Waals surface area (Å²) in [5.41, 5.74) is 4.20. The van der Waals surface area contributed by atoms with Gasteiger partial charge >= 0.3 is 0 Å². The molecule has 2 N–H and O–H groups in total. The number of para-hydroxylation sites is 1. The molecule has 0 aromatic heterocycles. The van der Waals surface area contributed by atoms with E-state index in [1.165, 1.54) is 13.3 Å². The van der Waals surface area contributed by atoms with Gasteiger partial charge in [0.05, 0.1) is 22.5 Å². The monoisotopic (exact) mass is 570 g/mol. The number of hydrazone groups is 1. The number of rotatable bonds is 7. The highest BCUT2D eigenvalue weighted by Crippen LogP contribution is 2.31. The number of phenols is 1. The third kappa shape index (κ3) is 6.03. The van der Waals surface area contributed by atoms with Crippen LogP contribution in [0.3, 0.4) is 0 Å². The summed E-state index contributed by atoms with van der Waals surface area (Å²) in [5.74, 6) is 0.326. The van der Waals surface area contributed by atoms with E-state index in [0.29, 0.717) is 36.2 Å². The number of halogens is 3. The Morgan fingerprint density at radius 1 is 1.16 bits per heavy atom. The van der Waals surface area contributed by atoms with Crippen LogP contribution in [0.15, 0.2) is 59.7 Å². The molecule has 0 fully saturated rings. The number of nitrogens with one attached hydrogen (secondary N) is 1. The van der Waals surface area contributed by atoms with Crippen LogP contribution in [0.5, 0.6) is 17.2 Å². The van der Waals surface area contributed by atoms with Crippen molar-refractivity contribution in [2.24, 2.45) is 5.10 Å². The summed E-state index contributed by atoms with van der Waals surface area (Å²) in [6, 6.07) is 15.3. The Hall–Kier alpha value is -2.49. The van der Waals surface area contributed by atoms with E-state index in [1.54, 1.807) is 54.6 Å². The van der Waals surface area contributed by atoms with Crippen molar-refractivity contribution in [3.8, 4) is 17.2 Å². The zero-order valence-corrected chi connectivity index (χ0v) is 19.9. The molecule has 0 heterocycles. The molecule has 9 heteroatoms. The molecule has 6 nitrogen and oxygen atoms in total. The lowest BCUT2D eigenvalue weighted by atomic mass is 10.2. The largest absolute Gasteiger partial charge is 0.504 e. The van der Waals surface area contributed by atoms with E-state index in [2.05, 4.69) is 10.5 Å². The molecule has 0 bridgehead atoms. The fourth-order valence-corrected chi connectivity index (χ4v) is 3.71. The molecule has 1 amide bonds. The molecule has 31 heavy (non-hydrogen) atoms. The van der Waals surface area contributed by atoms with Crippen LogP contribution >= 0.6 is 45.8 Å². The number of hydrogen-bond acceptors (Lipinski definition) is 5. The van der Waals surface area contributed by atoms with E-state index in [9.17, 15) is 9.90 Å². The van der Waals surface area contributed by atoms with E-state index in [-0.39, 0.29) is 12.4 Å². The van der Waals surface area contributed by atoms with Crippen LogP contribution in [0, 0.1) is 3.57 Å². The molecule has 160 valence electrons. The van der Waals surface area contributed by atoms with Gasteiger partial charge < -0.3 is 14.6 Å². The second kappa shape index (κ2) is 10.7. The Labute approximate surface area is 202 Å². The Kier molecular flexibility index (Phi) is 8.00. The van der Waals surface area contributed by atoms with Gasteiger partial charge in [-0.3, -0.25) is 4.79 Å². The number of aromatic hydroxyl groups is 1. The molecule has 0 saturated heterocycles. The highest BCUT2D eigenvalue weighted by atomic mass is 127. The first-order chi connectivity index (χ1) is 14.9. The molecule has 0 saturated carbocycles. The maximum atomic E-state index is 12.6. The van der Waals surface area contributed by atoms with E-state index >= 15 is 0 Å². The summed E-state index contributed by atoms with van der Waals surface area (Å²) < 4.78 is 11.5. The van der Waals surface area contributed by atoms with Gasteiger partial charge in [0.25, 0.3) is 5.91 Å². The van der Waals surface area contributed by atoms with Gasteiger partial charge in [-0.2, -0.15) is 5.10 Å². The molecule has 0 aliphatic carbocycles. The zero-order chi connectivity index (χ0) is 22.4. The fraction of sp³-hybridized carbons (Fsp3) is 0.0909. The van der Waals surface area contributed by atoms with Gasteiger partial charge in [0.2, 0.25) is 0 Å². The maximum Gasteiger partial charge on any atom is 0.275 e. The van der Waals surface area contributed by atoms with E-state index in [1.807, 2.05) is 22.6 Å². The molecule has 0 aliphatic heterocycles. The molecule has 0 atom stereocenters. The smallest absolute Gasteiger partial charge is 0.275 e. The van der Waals surface area contributed by atoms with Crippen LogP contribution in [-0.4, -0.2) is 24.3 Å². The zero-order valence-electron chi connectivity index (χ0n) is 16.2. The van der Waals surface area contributed by atoms with Crippen molar-refractivity contribution < 1.29 is 19.4 Å². The Morgan fingerprint density at radius 3 is 2.68 bits per heavy atom. The van der Waals surface area contributed by atoms with E-state index in [4.69, 9.17) is 32.7 Å². The normalized spacial score (nSPS) is 10.8. The number of ether oxygens (including phenoxy) is 2. The number of methoxy groups -OCH3 is 1. The molecule has 0 unspecified atom stereocenters. The fourth-order valence-electron chi connectivity index (χ4n) is 2.62. The first-order valence-electron chi connectivity index (χ1n) is 8.94. The van der Waals surface area contributed by atoms with Gasteiger partial charge in [0, 0.05) is 15.6 Å². The predicted octanol–water partition coefficient (Wildman–Crippen LogP) is 5.66. The summed E-state index contributed by atoms with van der Waals surface area (Å²) in [7, 11) is 1.46. The Bertz CT molecular complexity index is 1140. The Morgan fingerprint density at radius 2 is 1.94 bits per heavy atom. The first-order valence-corrected chi connectivity index (χ1v) is 10.8. The van der Waals surface area contributed by atoms with Crippen LogP contribution in [0.2, 0.25) is 10.0 Å². The summed E-state index contributed by atoms with van der Waals surface area (Å²) in [6.45, 7) is 0.176. The summed E-state index contributed by atoms with van der Waals surface area (Å²) in [6.07, 6.45) is 1.46. The third-order valence-electron chi connectivity index (χ3n) is 4.18. The molecule has 0 radical (unpaired) electrons. The van der Waals surface area contributed by atoms with Gasteiger partial charge in [0.15, 0.2) is 11.5 Å². The van der Waals surface area contributed by atoms with Gasteiger partial charge in [-0.1, -0.05) is 41.4 Å². The molecular weight excluding hydrogens is 554 g/mol. The van der Waals surface area contributed by atoms with Crippen molar-refractivity contribution in [2.45, 2.75) is 6.61 Å². The van der Waals surface area contributed by atoms with Crippen LogP contribution in [0.4, 0.5) is 0 Å². The summed E-state index contributed by atoms with van der Waals surface area (Å²) >= 11 is 14.1. The molecule has 0 spiro atoms. The minimum Gasteiger partial charge on any atom is -0.504 e. The quantitative estimate of drug-likeness (QED) is 0.218. The van der Waals surface area contributed by atoms with Crippen LogP contribution in [-0.2, 0) is 6.61 Å². The standard InChI is InChI=1S/C22H17Cl2IN2O4/c1-30-20-9-13(8-18(25)21(20)28)11-26-27-22(29)16-4-2-3-5-19(16)31-12-14-6-7-15(23)10-17(14)24/h2-11,28H,12H2,1H3,(H,27,29)/b26-11+. The van der Waals surface area contributed by atoms with Gasteiger partial charge in [-0.05, 0) is 64.6 Å². The third-order valence-corrected chi connectivity index (χ3v) is 5.59. The van der Waals surface area contributed by atoms with Gasteiger partial charge in [-0.25, -0.2) is 5.43 Å². The number of phenolic OH excluding ortho intramolecular Hbond substituents is 1. The minimum absolute atomic E-state index is 0.0520. The number of carbonyl (C=O) groups excluding carboxylic acids is 1. The second-order valence-corrected chi connectivity index (χ2v) is 8.28. The highest BCUT2D eigenvalue weighted by Gasteiger charge is 2.13. The number of benzene rings is 3. The van der Waals surface area contributed by atoms with Crippen molar-refractivity contribution in [3.63, 3.8) is 0 Å². The van der Waals surface area contributed by atoms with E-state index < -0.39 is 5.91 Å². The number of carbonyl (C=O) groups is 1. The second-order valence-electron chi connectivity index (χ2n) is 6.27. The van der Waals surface area contributed by atoms with Crippen molar-refractivity contribution in [1.82, 2.24) is 5.43 Å². The Balaban J connectivity index is 1.70. The molecule has 3 aromatic rings. The first kappa shape index (κ1) is 23.2.